The fourth-order valence-corrected chi connectivity index (χ4v) is 5.43. The second-order valence-corrected chi connectivity index (χ2v) is 12.5. The predicted molar refractivity (Wildman–Crippen MR) is 156 cm³/mol. The summed E-state index contributed by atoms with van der Waals surface area (Å²) in [7, 11) is -3.46. The minimum Gasteiger partial charge on any atom is -0.453 e. The van der Waals surface area contributed by atoms with E-state index in [-0.39, 0.29) is 42.1 Å². The molecule has 0 spiro atoms. The highest BCUT2D eigenvalue weighted by molar-refractivity contribution is 7.92. The number of amides is 1. The first kappa shape index (κ1) is 27.8. The van der Waals surface area contributed by atoms with E-state index in [1.54, 1.807) is 54.3 Å². The number of ether oxygens (including phenoxy) is 1. The standard InChI is InChI=1S/C29H28FN7O3S.2H2/c1-18-12-19(14-26(38)35-20-16-34-37(17-20)29(2,3)4)13-23(30)28(18)40-25-9-11-32-24-8-7-21(15-22(24)25)41(31,39)27-6-5-10-33-36-27;;/h5-13,15-17,31H,14H2,1-4H3,(H,35,38);2*1H. The van der Waals surface area contributed by atoms with Crippen molar-refractivity contribution in [1.29, 1.82) is 4.78 Å². The fraction of sp³-hybridized carbons (Fsp3) is 0.207. The Kier molecular flexibility index (Phi) is 7.26. The number of rotatable bonds is 7. The Balaban J connectivity index is 0.00000253. The summed E-state index contributed by atoms with van der Waals surface area (Å²) < 4.78 is 44.9. The lowest BCUT2D eigenvalue weighted by molar-refractivity contribution is -0.115. The highest BCUT2D eigenvalue weighted by atomic mass is 32.2. The maximum absolute atomic E-state index is 15.3. The van der Waals surface area contributed by atoms with Crippen molar-refractivity contribution in [2.45, 2.75) is 49.6 Å². The Bertz CT molecular complexity index is 1860. The molecule has 10 nitrogen and oxygen atoms in total. The molecule has 0 saturated heterocycles. The molecule has 12 heteroatoms. The Hall–Kier alpha value is -4.71. The number of hydrogen-bond acceptors (Lipinski definition) is 8. The van der Waals surface area contributed by atoms with Crippen molar-refractivity contribution in [3.05, 3.63) is 90.3 Å². The van der Waals surface area contributed by atoms with Crippen molar-refractivity contribution < 1.29 is 21.0 Å². The number of benzene rings is 2. The molecule has 0 bridgehead atoms. The molecule has 5 rings (SSSR count). The summed E-state index contributed by atoms with van der Waals surface area (Å²) in [6.07, 6.45) is 6.23. The van der Waals surface area contributed by atoms with E-state index in [4.69, 9.17) is 9.52 Å². The maximum atomic E-state index is 15.3. The number of anilines is 1. The van der Waals surface area contributed by atoms with Crippen LogP contribution >= 0.6 is 0 Å². The van der Waals surface area contributed by atoms with Gasteiger partial charge in [0.05, 0.1) is 34.3 Å². The molecule has 1 unspecified atom stereocenters. The van der Waals surface area contributed by atoms with Crippen LogP contribution in [0.3, 0.4) is 0 Å². The molecule has 0 aliphatic rings. The van der Waals surface area contributed by atoms with Gasteiger partial charge in [-0.05, 0) is 81.3 Å². The minimum absolute atomic E-state index is 0. The molecule has 214 valence electrons. The van der Waals surface area contributed by atoms with Gasteiger partial charge >= 0.3 is 0 Å². The van der Waals surface area contributed by atoms with E-state index in [2.05, 4.69) is 25.6 Å². The Morgan fingerprint density at radius 2 is 1.98 bits per heavy atom. The van der Waals surface area contributed by atoms with Crippen LogP contribution < -0.4 is 10.1 Å². The molecule has 0 saturated carbocycles. The van der Waals surface area contributed by atoms with Crippen molar-refractivity contribution in [2.75, 3.05) is 5.32 Å². The molecule has 2 aromatic carbocycles. The van der Waals surface area contributed by atoms with Crippen LogP contribution in [0, 0.1) is 17.5 Å². The SMILES string of the molecule is Cc1cc(CC(=O)Nc2cnn(C(C)(C)C)c2)cc(F)c1Oc1ccnc2ccc(S(=N)(=O)c3cccnn3)cc12.[HH].[HH]. The van der Waals surface area contributed by atoms with Crippen LogP contribution in [0.15, 0.2) is 83.2 Å². The van der Waals surface area contributed by atoms with Gasteiger partial charge in [0.1, 0.15) is 15.5 Å². The third-order valence-corrected chi connectivity index (χ3v) is 7.99. The van der Waals surface area contributed by atoms with Gasteiger partial charge in [-0.25, -0.2) is 13.4 Å². The second kappa shape index (κ2) is 10.7. The third-order valence-electron chi connectivity index (χ3n) is 6.27. The number of nitrogens with zero attached hydrogens (tertiary/aromatic N) is 5. The molecule has 0 fully saturated rings. The zero-order valence-corrected chi connectivity index (χ0v) is 23.7. The Labute approximate surface area is 239 Å². The number of nitrogens with one attached hydrogen (secondary N) is 2. The van der Waals surface area contributed by atoms with Gasteiger partial charge in [0.25, 0.3) is 0 Å². The molecule has 3 heterocycles. The zero-order valence-electron chi connectivity index (χ0n) is 22.9. The van der Waals surface area contributed by atoms with Gasteiger partial charge in [-0.2, -0.15) is 10.2 Å². The van der Waals surface area contributed by atoms with Gasteiger partial charge in [0.2, 0.25) is 5.91 Å². The summed E-state index contributed by atoms with van der Waals surface area (Å²) in [4.78, 5) is 17.1. The molecule has 0 radical (unpaired) electrons. The monoisotopic (exact) mass is 577 g/mol. The number of aryl methyl sites for hydroxylation is 1. The van der Waals surface area contributed by atoms with E-state index in [1.165, 1.54) is 30.6 Å². The van der Waals surface area contributed by atoms with E-state index in [0.29, 0.717) is 27.7 Å². The van der Waals surface area contributed by atoms with Gasteiger partial charge in [-0.1, -0.05) is 6.07 Å². The topological polar surface area (TPSA) is 136 Å². The normalized spacial score (nSPS) is 13.1. The van der Waals surface area contributed by atoms with Crippen LogP contribution in [-0.2, 0) is 26.5 Å². The van der Waals surface area contributed by atoms with Crippen LogP contribution in [0.2, 0.25) is 0 Å². The van der Waals surface area contributed by atoms with E-state index in [9.17, 15) is 9.00 Å². The van der Waals surface area contributed by atoms with Gasteiger partial charge in [-0.15, -0.1) is 5.10 Å². The summed E-state index contributed by atoms with van der Waals surface area (Å²) in [6, 6.07) is 12.3. The van der Waals surface area contributed by atoms with Gasteiger partial charge in [0, 0.05) is 26.8 Å². The summed E-state index contributed by atoms with van der Waals surface area (Å²) in [5.74, 6) is -0.687. The first-order valence-electron chi connectivity index (χ1n) is 12.7. The number of carbonyl (C=O) groups excluding carboxylic acids is 1. The molecular weight excluding hydrogens is 545 g/mol. The van der Waals surface area contributed by atoms with E-state index >= 15 is 4.39 Å². The fourth-order valence-electron chi connectivity index (χ4n) is 4.22. The smallest absolute Gasteiger partial charge is 0.228 e. The van der Waals surface area contributed by atoms with Crippen molar-refractivity contribution in [3.63, 3.8) is 0 Å². The maximum Gasteiger partial charge on any atom is 0.228 e. The van der Waals surface area contributed by atoms with E-state index in [1.807, 2.05) is 20.8 Å². The third kappa shape index (κ3) is 5.92. The highest BCUT2D eigenvalue weighted by Gasteiger charge is 2.19. The molecule has 2 N–H and O–H groups in total. The summed E-state index contributed by atoms with van der Waals surface area (Å²) in [5.41, 5.74) is 1.81. The number of halogens is 1. The average Bonchev–Trinajstić information content (AvgIpc) is 3.40. The summed E-state index contributed by atoms with van der Waals surface area (Å²) >= 11 is 0. The summed E-state index contributed by atoms with van der Waals surface area (Å²) in [5, 5.41) is 15.1. The lowest BCUT2D eigenvalue weighted by Crippen LogP contribution is -2.22. The number of pyridine rings is 1. The molecule has 5 aromatic rings. The molecule has 0 aliphatic heterocycles. The van der Waals surface area contributed by atoms with Gasteiger partial charge < -0.3 is 10.1 Å². The van der Waals surface area contributed by atoms with Crippen molar-refractivity contribution in [2.24, 2.45) is 0 Å². The van der Waals surface area contributed by atoms with Crippen molar-refractivity contribution >= 4 is 32.2 Å². The first-order chi connectivity index (χ1) is 19.4. The summed E-state index contributed by atoms with van der Waals surface area (Å²) in [6.45, 7) is 7.69. The molecule has 3 aromatic heterocycles. The number of carbonyl (C=O) groups is 1. The van der Waals surface area contributed by atoms with Gasteiger partial charge in [0.15, 0.2) is 16.6 Å². The molecule has 1 amide bonds. The number of aromatic nitrogens is 5. The molecular formula is C29H32FN7O3S. The van der Waals surface area contributed by atoms with E-state index < -0.39 is 15.5 Å². The Morgan fingerprint density at radius 3 is 2.66 bits per heavy atom. The molecule has 1 atom stereocenters. The largest absolute Gasteiger partial charge is 0.453 e. The van der Waals surface area contributed by atoms with Crippen molar-refractivity contribution in [1.82, 2.24) is 25.0 Å². The van der Waals surface area contributed by atoms with Crippen LogP contribution in [0.4, 0.5) is 10.1 Å². The predicted octanol–water partition coefficient (Wildman–Crippen LogP) is 6.35. The quantitative estimate of drug-likeness (QED) is 0.230. The minimum atomic E-state index is -3.46. The second-order valence-electron chi connectivity index (χ2n) is 10.5. The number of fused-ring (bicyclic) bond motifs is 1. The van der Waals surface area contributed by atoms with Crippen LogP contribution in [0.5, 0.6) is 11.5 Å². The molecule has 41 heavy (non-hydrogen) atoms. The highest BCUT2D eigenvalue weighted by Crippen LogP contribution is 2.35. The van der Waals surface area contributed by atoms with Crippen molar-refractivity contribution in [3.8, 4) is 11.5 Å². The Morgan fingerprint density at radius 1 is 1.17 bits per heavy atom. The zero-order chi connectivity index (χ0) is 29.4. The lowest BCUT2D eigenvalue weighted by Gasteiger charge is -2.18. The molecule has 0 aliphatic carbocycles. The average molecular weight is 578 g/mol. The van der Waals surface area contributed by atoms with E-state index in [0.717, 1.165) is 0 Å². The van der Waals surface area contributed by atoms with Crippen LogP contribution in [0.25, 0.3) is 10.9 Å². The van der Waals surface area contributed by atoms with Crippen LogP contribution in [0.1, 0.15) is 34.8 Å². The lowest BCUT2D eigenvalue weighted by atomic mass is 10.1. The number of hydrogen-bond donors (Lipinski definition) is 2. The van der Waals surface area contributed by atoms with Crippen LogP contribution in [-0.4, -0.2) is 35.1 Å². The first-order valence-corrected chi connectivity index (χ1v) is 14.2. The van der Waals surface area contributed by atoms with Gasteiger partial charge in [-0.3, -0.25) is 14.5 Å².